The number of carbonyl (C=O) groups excluding carboxylic acids is 2. The third-order valence-corrected chi connectivity index (χ3v) is 8.05. The Morgan fingerprint density at radius 2 is 1.63 bits per heavy atom. The van der Waals surface area contributed by atoms with E-state index in [-0.39, 0.29) is 11.9 Å². The first-order valence-electron chi connectivity index (χ1n) is 15.1. The van der Waals surface area contributed by atoms with E-state index in [9.17, 15) is 9.59 Å². The highest BCUT2D eigenvalue weighted by Crippen LogP contribution is 2.37. The predicted octanol–water partition coefficient (Wildman–Crippen LogP) is 6.81. The fourth-order valence-electron chi connectivity index (χ4n) is 5.97. The van der Waals surface area contributed by atoms with Gasteiger partial charge in [0.05, 0.1) is 11.3 Å². The zero-order valence-corrected chi connectivity index (χ0v) is 26.0. The van der Waals surface area contributed by atoms with E-state index in [1.165, 1.54) is 0 Å². The van der Waals surface area contributed by atoms with E-state index in [1.807, 2.05) is 87.1 Å². The van der Waals surface area contributed by atoms with Crippen molar-refractivity contribution in [1.82, 2.24) is 19.4 Å². The number of carbonyl (C=O) groups is 2. The van der Waals surface area contributed by atoms with Gasteiger partial charge in [0.1, 0.15) is 0 Å². The highest BCUT2D eigenvalue weighted by atomic mass is 16.1. The Bertz CT molecular complexity index is 1690. The molecule has 7 heteroatoms. The summed E-state index contributed by atoms with van der Waals surface area (Å²) in [6.45, 7) is 12.4. The van der Waals surface area contributed by atoms with Crippen LogP contribution in [0.15, 0.2) is 90.3 Å². The first-order valence-corrected chi connectivity index (χ1v) is 15.1. The Balaban J connectivity index is 0.00000207. The Hall–Kier alpha value is -4.49. The van der Waals surface area contributed by atoms with Crippen molar-refractivity contribution in [2.24, 2.45) is 12.0 Å². The van der Waals surface area contributed by atoms with Gasteiger partial charge in [-0.3, -0.25) is 19.5 Å². The number of benzene rings is 2. The SMILES string of the molecule is C=CC=N/C(=C\C)CN1CCC(n2cc(/C(C(=O)NC)=C(/C=O)c3cn(C)c4ccccc34)c3ccccc32)CC1.CC. The molecule has 4 aromatic rings. The molecule has 0 unspecified atom stereocenters. The van der Waals surface area contributed by atoms with E-state index < -0.39 is 0 Å². The van der Waals surface area contributed by atoms with E-state index >= 15 is 0 Å². The van der Waals surface area contributed by atoms with E-state index in [2.05, 4.69) is 38.6 Å². The zero-order chi connectivity index (χ0) is 30.9. The van der Waals surface area contributed by atoms with Gasteiger partial charge in [0, 0.05) is 96.9 Å². The maximum atomic E-state index is 13.5. The number of para-hydroxylation sites is 2. The fraction of sp³-hybridized carbons (Fsp3) is 0.306. The smallest absolute Gasteiger partial charge is 0.252 e. The van der Waals surface area contributed by atoms with Crippen LogP contribution in [0.3, 0.4) is 0 Å². The molecule has 1 amide bonds. The third kappa shape index (κ3) is 6.47. The number of aldehydes is 1. The average molecular weight is 578 g/mol. The Morgan fingerprint density at radius 3 is 2.23 bits per heavy atom. The van der Waals surface area contributed by atoms with Crippen LogP contribution in [0.5, 0.6) is 0 Å². The minimum atomic E-state index is -0.281. The molecule has 0 atom stereocenters. The van der Waals surface area contributed by atoms with Crippen molar-refractivity contribution in [3.63, 3.8) is 0 Å². The van der Waals surface area contributed by atoms with Crippen molar-refractivity contribution in [2.75, 3.05) is 26.7 Å². The number of rotatable bonds is 9. The highest BCUT2D eigenvalue weighted by molar-refractivity contribution is 6.38. The summed E-state index contributed by atoms with van der Waals surface area (Å²) in [4.78, 5) is 33.2. The molecule has 0 saturated carbocycles. The summed E-state index contributed by atoms with van der Waals surface area (Å²) in [6.07, 6.45) is 12.3. The molecule has 0 radical (unpaired) electrons. The number of nitrogens with zero attached hydrogens (tertiary/aromatic N) is 4. The molecule has 5 rings (SSSR count). The number of allylic oxidation sites excluding steroid dienone is 3. The van der Waals surface area contributed by atoms with E-state index in [4.69, 9.17) is 0 Å². The highest BCUT2D eigenvalue weighted by Gasteiger charge is 2.27. The number of amides is 1. The number of likely N-dealkylation sites (tertiary alicyclic amines) is 1. The number of likely N-dealkylation sites (N-methyl/N-ethyl adjacent to an activating group) is 1. The molecule has 0 bridgehead atoms. The zero-order valence-electron chi connectivity index (χ0n) is 26.0. The number of nitrogens with one attached hydrogen (secondary N) is 1. The van der Waals surface area contributed by atoms with Crippen LogP contribution < -0.4 is 5.32 Å². The molecule has 43 heavy (non-hydrogen) atoms. The lowest BCUT2D eigenvalue weighted by atomic mass is 9.94. The number of aryl methyl sites for hydroxylation is 1. The maximum Gasteiger partial charge on any atom is 0.252 e. The molecule has 2 aromatic heterocycles. The second-order valence-electron chi connectivity index (χ2n) is 10.4. The largest absolute Gasteiger partial charge is 0.355 e. The van der Waals surface area contributed by atoms with Crippen molar-refractivity contribution in [3.8, 4) is 0 Å². The van der Waals surface area contributed by atoms with Crippen LogP contribution >= 0.6 is 0 Å². The predicted molar refractivity (Wildman–Crippen MR) is 180 cm³/mol. The first kappa shape index (κ1) is 31.4. The molecule has 1 aliphatic heterocycles. The molecule has 1 N–H and O–H groups in total. The Morgan fingerprint density at radius 1 is 1.00 bits per heavy atom. The summed E-state index contributed by atoms with van der Waals surface area (Å²) >= 11 is 0. The topological polar surface area (TPSA) is 71.6 Å². The van der Waals surface area contributed by atoms with Crippen LogP contribution in [0.1, 0.15) is 50.8 Å². The van der Waals surface area contributed by atoms with Gasteiger partial charge in [0.15, 0.2) is 6.29 Å². The third-order valence-electron chi connectivity index (χ3n) is 8.05. The minimum absolute atomic E-state index is 0.277. The van der Waals surface area contributed by atoms with Crippen molar-refractivity contribution >= 4 is 51.4 Å². The molecule has 1 fully saturated rings. The van der Waals surface area contributed by atoms with Crippen molar-refractivity contribution in [1.29, 1.82) is 0 Å². The Labute approximate surface area is 254 Å². The van der Waals surface area contributed by atoms with Crippen molar-refractivity contribution < 1.29 is 9.59 Å². The summed E-state index contributed by atoms with van der Waals surface area (Å²) in [6, 6.07) is 16.4. The van der Waals surface area contributed by atoms with Crippen LogP contribution in [0, 0.1) is 0 Å². The Kier molecular flexibility index (Phi) is 10.7. The number of aliphatic imine (C=N–C) groups is 1. The molecule has 1 saturated heterocycles. The fourth-order valence-corrected chi connectivity index (χ4v) is 5.97. The van der Waals surface area contributed by atoms with Gasteiger partial charge in [-0.1, -0.05) is 69.0 Å². The van der Waals surface area contributed by atoms with Crippen LogP contribution in [-0.2, 0) is 16.6 Å². The standard InChI is InChI=1S/C34H37N5O2.C2H6/c1-5-17-36-24(6-2)20-38-18-15-25(16-19-38)39-22-29(27-12-8-10-14-32(27)39)33(34(41)35-3)30(23-40)28-21-37(4)31-13-9-7-11-26(28)31;1-2/h5-14,17,21-23,25H,1,15-16,18-20H2,2-4H3,(H,35,41);1-2H3/b24-6-,33-30+,36-17?;. The van der Waals surface area contributed by atoms with Crippen LogP contribution in [0.25, 0.3) is 33.0 Å². The maximum absolute atomic E-state index is 13.5. The number of fused-ring (bicyclic) bond motifs is 2. The summed E-state index contributed by atoms with van der Waals surface area (Å²) in [5.41, 5.74) is 5.40. The lowest BCUT2D eigenvalue weighted by Crippen LogP contribution is -2.35. The molecule has 1 aliphatic rings. The lowest BCUT2D eigenvalue weighted by Gasteiger charge is -2.33. The van der Waals surface area contributed by atoms with Gasteiger partial charge in [-0.2, -0.15) is 0 Å². The van der Waals surface area contributed by atoms with Gasteiger partial charge in [-0.25, -0.2) is 0 Å². The van der Waals surface area contributed by atoms with Crippen LogP contribution in [0.2, 0.25) is 0 Å². The van der Waals surface area contributed by atoms with E-state index in [0.29, 0.717) is 11.1 Å². The summed E-state index contributed by atoms with van der Waals surface area (Å²) in [5.74, 6) is -0.281. The molecule has 2 aromatic carbocycles. The van der Waals surface area contributed by atoms with Crippen LogP contribution in [0.4, 0.5) is 0 Å². The normalized spacial score (nSPS) is 15.3. The van der Waals surface area contributed by atoms with Gasteiger partial charge in [0.25, 0.3) is 5.91 Å². The molecular weight excluding hydrogens is 534 g/mol. The minimum Gasteiger partial charge on any atom is -0.355 e. The molecule has 0 aliphatic carbocycles. The van der Waals surface area contributed by atoms with E-state index in [0.717, 1.165) is 77.4 Å². The average Bonchev–Trinajstić information content (AvgIpc) is 3.60. The van der Waals surface area contributed by atoms with Gasteiger partial charge < -0.3 is 14.5 Å². The number of hydrogen-bond donors (Lipinski definition) is 1. The molecular formula is C36H43N5O2. The van der Waals surface area contributed by atoms with Gasteiger partial charge in [-0.05, 0) is 31.9 Å². The number of piperidine rings is 1. The van der Waals surface area contributed by atoms with Crippen molar-refractivity contribution in [2.45, 2.75) is 39.7 Å². The number of hydrogen-bond acceptors (Lipinski definition) is 4. The molecule has 7 nitrogen and oxygen atoms in total. The molecule has 224 valence electrons. The molecule has 0 spiro atoms. The number of aromatic nitrogens is 2. The van der Waals surface area contributed by atoms with E-state index in [1.54, 1.807) is 19.3 Å². The van der Waals surface area contributed by atoms with Gasteiger partial charge in [-0.15, -0.1) is 0 Å². The van der Waals surface area contributed by atoms with Gasteiger partial charge >= 0.3 is 0 Å². The summed E-state index contributed by atoms with van der Waals surface area (Å²) in [7, 11) is 3.57. The second-order valence-corrected chi connectivity index (χ2v) is 10.4. The quantitative estimate of drug-likeness (QED) is 0.135. The van der Waals surface area contributed by atoms with Crippen LogP contribution in [-0.4, -0.2) is 59.1 Å². The summed E-state index contributed by atoms with van der Waals surface area (Å²) < 4.78 is 4.30. The van der Waals surface area contributed by atoms with Gasteiger partial charge in [0.2, 0.25) is 0 Å². The van der Waals surface area contributed by atoms with Crippen molar-refractivity contribution in [3.05, 3.63) is 96.5 Å². The monoisotopic (exact) mass is 577 g/mol. The first-order chi connectivity index (χ1) is 21.0. The summed E-state index contributed by atoms with van der Waals surface area (Å²) in [5, 5.41) is 4.70. The second kappa shape index (κ2) is 14.6. The lowest BCUT2D eigenvalue weighted by molar-refractivity contribution is -0.115. The molecule has 3 heterocycles.